The molecule has 19 heavy (non-hydrogen) atoms. The van der Waals surface area contributed by atoms with Gasteiger partial charge in [-0.3, -0.25) is 0 Å². The average molecular weight is 332 g/mol. The molecule has 0 radical (unpaired) electrons. The molecule has 0 spiro atoms. The molecule has 0 aliphatic rings. The molecule has 4 heteroatoms. The average Bonchev–Trinajstić information content (AvgIpc) is 2.22. The Hall–Kier alpha value is -0.450. The Bertz CT molecular complexity index is 397. The minimum Gasteiger partial charge on any atom is -0.376 e. The number of halogens is 2. The van der Waals surface area contributed by atoms with Crippen molar-refractivity contribution < 1.29 is 9.13 Å². The Morgan fingerprint density at radius 2 is 1.95 bits per heavy atom. The smallest absolute Gasteiger partial charge is 0.124 e. The van der Waals surface area contributed by atoms with E-state index in [4.69, 9.17) is 10.5 Å². The largest absolute Gasteiger partial charge is 0.376 e. The summed E-state index contributed by atoms with van der Waals surface area (Å²) in [5.41, 5.74) is 7.10. The third kappa shape index (κ3) is 5.21. The predicted octanol–water partition coefficient (Wildman–Crippen LogP) is 3.91. The van der Waals surface area contributed by atoms with Gasteiger partial charge in [0.25, 0.3) is 0 Å². The zero-order valence-corrected chi connectivity index (χ0v) is 13.6. The normalized spacial score (nSPS) is 15.3. The number of rotatable bonds is 5. The fraction of sp³-hybridized carbons (Fsp3) is 0.600. The first-order valence-corrected chi connectivity index (χ1v) is 7.35. The lowest BCUT2D eigenvalue weighted by atomic mass is 9.82. The maximum atomic E-state index is 13.4. The van der Waals surface area contributed by atoms with Crippen LogP contribution in [-0.4, -0.2) is 18.8 Å². The van der Waals surface area contributed by atoms with Gasteiger partial charge in [0.2, 0.25) is 0 Å². The van der Waals surface area contributed by atoms with Gasteiger partial charge in [-0.25, -0.2) is 4.39 Å². The molecule has 1 rings (SSSR count). The van der Waals surface area contributed by atoms with Crippen molar-refractivity contribution in [3.63, 3.8) is 0 Å². The maximum Gasteiger partial charge on any atom is 0.124 e. The highest BCUT2D eigenvalue weighted by Crippen LogP contribution is 2.26. The SMILES string of the molecule is CCOC(C(N)Cc1cc(F)cc(Br)c1)C(C)(C)C. The van der Waals surface area contributed by atoms with E-state index in [9.17, 15) is 4.39 Å². The van der Waals surface area contributed by atoms with E-state index in [2.05, 4.69) is 36.7 Å². The molecule has 0 aliphatic heterocycles. The number of nitrogens with two attached hydrogens (primary N) is 1. The first-order valence-electron chi connectivity index (χ1n) is 6.56. The summed E-state index contributed by atoms with van der Waals surface area (Å²) < 4.78 is 19.9. The van der Waals surface area contributed by atoms with Crippen LogP contribution in [0.3, 0.4) is 0 Å². The summed E-state index contributed by atoms with van der Waals surface area (Å²) in [6.45, 7) is 8.91. The molecular weight excluding hydrogens is 309 g/mol. The summed E-state index contributed by atoms with van der Waals surface area (Å²) in [4.78, 5) is 0. The van der Waals surface area contributed by atoms with Gasteiger partial charge in [0.1, 0.15) is 5.82 Å². The molecule has 2 atom stereocenters. The minimum absolute atomic E-state index is 0.0417. The van der Waals surface area contributed by atoms with Crippen molar-refractivity contribution in [2.24, 2.45) is 11.1 Å². The summed E-state index contributed by atoms with van der Waals surface area (Å²) >= 11 is 3.30. The van der Waals surface area contributed by atoms with Crippen LogP contribution in [0.4, 0.5) is 4.39 Å². The van der Waals surface area contributed by atoms with Crippen molar-refractivity contribution in [2.75, 3.05) is 6.61 Å². The second-order valence-electron chi connectivity index (χ2n) is 5.89. The molecule has 0 fully saturated rings. The van der Waals surface area contributed by atoms with Crippen LogP contribution in [0.5, 0.6) is 0 Å². The molecule has 1 aromatic carbocycles. The molecule has 108 valence electrons. The topological polar surface area (TPSA) is 35.2 Å². The van der Waals surface area contributed by atoms with Crippen LogP contribution in [0.1, 0.15) is 33.3 Å². The Morgan fingerprint density at radius 1 is 1.32 bits per heavy atom. The second-order valence-corrected chi connectivity index (χ2v) is 6.80. The molecule has 0 saturated heterocycles. The molecule has 0 bridgehead atoms. The maximum absolute atomic E-state index is 13.4. The molecule has 0 saturated carbocycles. The Kier molecular flexibility index (Phi) is 5.96. The molecule has 0 aliphatic carbocycles. The summed E-state index contributed by atoms with van der Waals surface area (Å²) in [6, 6.07) is 4.71. The number of hydrogen-bond acceptors (Lipinski definition) is 2. The van der Waals surface area contributed by atoms with Crippen LogP contribution in [0.25, 0.3) is 0 Å². The summed E-state index contributed by atoms with van der Waals surface area (Å²) in [6.07, 6.45) is 0.540. The molecule has 2 N–H and O–H groups in total. The van der Waals surface area contributed by atoms with E-state index < -0.39 is 0 Å². The monoisotopic (exact) mass is 331 g/mol. The van der Waals surface area contributed by atoms with E-state index in [1.807, 2.05) is 13.0 Å². The van der Waals surface area contributed by atoms with Gasteiger partial charge in [0, 0.05) is 17.1 Å². The zero-order chi connectivity index (χ0) is 14.6. The Morgan fingerprint density at radius 3 is 2.42 bits per heavy atom. The lowest BCUT2D eigenvalue weighted by Crippen LogP contribution is -2.46. The van der Waals surface area contributed by atoms with Crippen molar-refractivity contribution in [1.29, 1.82) is 0 Å². The Balaban J connectivity index is 2.84. The van der Waals surface area contributed by atoms with Crippen molar-refractivity contribution in [1.82, 2.24) is 0 Å². The number of hydrogen-bond donors (Lipinski definition) is 1. The van der Waals surface area contributed by atoms with Gasteiger partial charge in [-0.15, -0.1) is 0 Å². The van der Waals surface area contributed by atoms with Gasteiger partial charge in [0.05, 0.1) is 6.10 Å². The number of benzene rings is 1. The van der Waals surface area contributed by atoms with Gasteiger partial charge >= 0.3 is 0 Å². The first-order chi connectivity index (χ1) is 8.74. The van der Waals surface area contributed by atoms with Gasteiger partial charge in [0.15, 0.2) is 0 Å². The molecule has 1 aromatic rings. The number of ether oxygens (including phenoxy) is 1. The third-order valence-electron chi connectivity index (χ3n) is 2.98. The highest BCUT2D eigenvalue weighted by molar-refractivity contribution is 9.10. The molecule has 0 aromatic heterocycles. The lowest BCUT2D eigenvalue weighted by molar-refractivity contribution is -0.0274. The highest BCUT2D eigenvalue weighted by Gasteiger charge is 2.30. The zero-order valence-electron chi connectivity index (χ0n) is 12.0. The van der Waals surface area contributed by atoms with Crippen LogP contribution in [0.2, 0.25) is 0 Å². The van der Waals surface area contributed by atoms with Gasteiger partial charge < -0.3 is 10.5 Å². The Labute approximate surface area is 123 Å². The fourth-order valence-corrected chi connectivity index (χ4v) is 2.82. The fourth-order valence-electron chi connectivity index (χ4n) is 2.30. The molecule has 2 unspecified atom stereocenters. The highest BCUT2D eigenvalue weighted by atomic mass is 79.9. The van der Waals surface area contributed by atoms with E-state index in [0.717, 1.165) is 10.0 Å². The lowest BCUT2D eigenvalue weighted by Gasteiger charge is -2.35. The van der Waals surface area contributed by atoms with Crippen molar-refractivity contribution in [3.05, 3.63) is 34.1 Å². The summed E-state index contributed by atoms with van der Waals surface area (Å²) in [5.74, 6) is -0.250. The first kappa shape index (κ1) is 16.6. The second kappa shape index (κ2) is 6.82. The third-order valence-corrected chi connectivity index (χ3v) is 3.44. The van der Waals surface area contributed by atoms with E-state index >= 15 is 0 Å². The molecule has 0 amide bonds. The van der Waals surface area contributed by atoms with Crippen LogP contribution in [0, 0.1) is 11.2 Å². The molecule has 2 nitrogen and oxygen atoms in total. The quantitative estimate of drug-likeness (QED) is 0.887. The predicted molar refractivity (Wildman–Crippen MR) is 80.6 cm³/mol. The van der Waals surface area contributed by atoms with Crippen LogP contribution >= 0.6 is 15.9 Å². The van der Waals surface area contributed by atoms with E-state index in [0.29, 0.717) is 13.0 Å². The van der Waals surface area contributed by atoms with Crippen LogP contribution in [0.15, 0.2) is 22.7 Å². The van der Waals surface area contributed by atoms with Crippen molar-refractivity contribution in [2.45, 2.75) is 46.3 Å². The summed E-state index contributed by atoms with van der Waals surface area (Å²) in [5, 5.41) is 0. The standard InChI is InChI=1S/C15H23BrFNO/c1-5-19-14(15(2,3)4)13(18)8-10-6-11(16)9-12(17)7-10/h6-7,9,13-14H,5,8,18H2,1-4H3. The van der Waals surface area contributed by atoms with Crippen molar-refractivity contribution in [3.8, 4) is 0 Å². The molecular formula is C15H23BrFNO. The van der Waals surface area contributed by atoms with Crippen molar-refractivity contribution >= 4 is 15.9 Å². The van der Waals surface area contributed by atoms with E-state index in [1.165, 1.54) is 12.1 Å². The summed E-state index contributed by atoms with van der Waals surface area (Å²) in [7, 11) is 0. The molecule has 0 heterocycles. The van der Waals surface area contributed by atoms with Crippen LogP contribution < -0.4 is 5.73 Å². The van der Waals surface area contributed by atoms with Crippen LogP contribution in [-0.2, 0) is 11.2 Å². The van der Waals surface area contributed by atoms with Gasteiger partial charge in [-0.2, -0.15) is 0 Å². The van der Waals surface area contributed by atoms with Gasteiger partial charge in [-0.1, -0.05) is 36.7 Å². The van der Waals surface area contributed by atoms with E-state index in [1.54, 1.807) is 0 Å². The van der Waals surface area contributed by atoms with E-state index in [-0.39, 0.29) is 23.4 Å². The van der Waals surface area contributed by atoms with Gasteiger partial charge in [-0.05, 0) is 42.5 Å². The minimum atomic E-state index is -0.250.